The maximum atomic E-state index is 11.2. The van der Waals surface area contributed by atoms with E-state index < -0.39 is 11.6 Å². The zero-order valence-corrected chi connectivity index (χ0v) is 9.70. The molecule has 0 aliphatic heterocycles. The number of aliphatic carboxylic acids is 1. The van der Waals surface area contributed by atoms with Crippen LogP contribution in [0, 0.1) is 11.8 Å². The zero-order valence-electron chi connectivity index (χ0n) is 9.70. The van der Waals surface area contributed by atoms with Gasteiger partial charge in [0.1, 0.15) is 0 Å². The van der Waals surface area contributed by atoms with Crippen LogP contribution < -0.4 is 0 Å². The normalized spacial score (nSPS) is 23.7. The van der Waals surface area contributed by atoms with E-state index >= 15 is 0 Å². The van der Waals surface area contributed by atoms with E-state index in [2.05, 4.69) is 0 Å². The predicted molar refractivity (Wildman–Crippen MR) is 58.6 cm³/mol. The lowest BCUT2D eigenvalue weighted by Gasteiger charge is -2.33. The Labute approximate surface area is 91.5 Å². The van der Waals surface area contributed by atoms with Crippen LogP contribution in [0.4, 0.5) is 0 Å². The molecular formula is C12H22O3. The quantitative estimate of drug-likeness (QED) is 0.739. The Kier molecular flexibility index (Phi) is 4.14. The fraction of sp³-hybridized carbons (Fsp3) is 0.917. The Morgan fingerprint density at radius 3 is 2.40 bits per heavy atom. The number of carboxylic acid groups (broad SMARTS) is 1. The van der Waals surface area contributed by atoms with E-state index in [1.807, 2.05) is 13.8 Å². The minimum Gasteiger partial charge on any atom is -0.479 e. The molecule has 1 aliphatic rings. The average molecular weight is 214 g/mol. The fourth-order valence-corrected chi connectivity index (χ4v) is 2.76. The third kappa shape index (κ3) is 2.51. The van der Waals surface area contributed by atoms with E-state index in [9.17, 15) is 9.90 Å². The monoisotopic (exact) mass is 214 g/mol. The molecule has 2 atom stereocenters. The van der Waals surface area contributed by atoms with E-state index in [0.717, 1.165) is 12.8 Å². The fourth-order valence-electron chi connectivity index (χ4n) is 2.76. The number of carboxylic acids is 1. The van der Waals surface area contributed by atoms with Crippen LogP contribution in [0.1, 0.15) is 52.4 Å². The standard InChI is InChI=1S/C12H22O3/c1-3-8-12(15,11(13)14)9(2)10-6-4-5-7-10/h9-10,15H,3-8H2,1-2H3,(H,13,14). The van der Waals surface area contributed by atoms with Gasteiger partial charge in [-0.15, -0.1) is 0 Å². The summed E-state index contributed by atoms with van der Waals surface area (Å²) in [6.45, 7) is 3.80. The Hall–Kier alpha value is -0.570. The van der Waals surface area contributed by atoms with E-state index in [0.29, 0.717) is 18.8 Å². The van der Waals surface area contributed by atoms with Gasteiger partial charge >= 0.3 is 5.97 Å². The van der Waals surface area contributed by atoms with Gasteiger partial charge in [-0.25, -0.2) is 4.79 Å². The summed E-state index contributed by atoms with van der Waals surface area (Å²) >= 11 is 0. The third-order valence-electron chi connectivity index (χ3n) is 3.86. The van der Waals surface area contributed by atoms with E-state index in [1.54, 1.807) is 0 Å². The molecule has 0 radical (unpaired) electrons. The van der Waals surface area contributed by atoms with Crippen molar-refractivity contribution in [2.45, 2.75) is 58.0 Å². The van der Waals surface area contributed by atoms with Gasteiger partial charge in [-0.2, -0.15) is 0 Å². The molecular weight excluding hydrogens is 192 g/mol. The van der Waals surface area contributed by atoms with Crippen molar-refractivity contribution in [3.05, 3.63) is 0 Å². The molecule has 2 unspecified atom stereocenters. The van der Waals surface area contributed by atoms with Crippen LogP contribution in [0.15, 0.2) is 0 Å². The minimum absolute atomic E-state index is 0.127. The molecule has 15 heavy (non-hydrogen) atoms. The first-order valence-electron chi connectivity index (χ1n) is 5.98. The zero-order chi connectivity index (χ0) is 11.5. The van der Waals surface area contributed by atoms with Crippen LogP contribution in [0.25, 0.3) is 0 Å². The highest BCUT2D eigenvalue weighted by atomic mass is 16.4. The van der Waals surface area contributed by atoms with Gasteiger partial charge in [0, 0.05) is 0 Å². The van der Waals surface area contributed by atoms with Crippen molar-refractivity contribution < 1.29 is 15.0 Å². The molecule has 1 fully saturated rings. The maximum absolute atomic E-state index is 11.2. The molecule has 0 spiro atoms. The second-order valence-corrected chi connectivity index (χ2v) is 4.81. The smallest absolute Gasteiger partial charge is 0.335 e. The van der Waals surface area contributed by atoms with Gasteiger partial charge < -0.3 is 10.2 Å². The molecule has 3 heteroatoms. The van der Waals surface area contributed by atoms with Crippen LogP contribution in [0.3, 0.4) is 0 Å². The van der Waals surface area contributed by atoms with E-state index in [-0.39, 0.29) is 5.92 Å². The number of hydrogen-bond acceptors (Lipinski definition) is 2. The predicted octanol–water partition coefficient (Wildman–Crippen LogP) is 2.43. The first-order valence-corrected chi connectivity index (χ1v) is 5.98. The van der Waals surface area contributed by atoms with Gasteiger partial charge in [0.25, 0.3) is 0 Å². The molecule has 0 saturated heterocycles. The van der Waals surface area contributed by atoms with Gasteiger partial charge in [-0.3, -0.25) is 0 Å². The molecule has 1 saturated carbocycles. The summed E-state index contributed by atoms with van der Waals surface area (Å²) in [4.78, 5) is 11.2. The SMILES string of the molecule is CCCC(O)(C(=O)O)C(C)C1CCCC1. The van der Waals surface area contributed by atoms with E-state index in [4.69, 9.17) is 5.11 Å². The molecule has 0 heterocycles. The lowest BCUT2D eigenvalue weighted by atomic mass is 9.76. The van der Waals surface area contributed by atoms with Gasteiger partial charge in [0.05, 0.1) is 0 Å². The Morgan fingerprint density at radius 2 is 2.00 bits per heavy atom. The third-order valence-corrected chi connectivity index (χ3v) is 3.86. The summed E-state index contributed by atoms with van der Waals surface area (Å²) in [5.74, 6) is -0.793. The van der Waals surface area contributed by atoms with Gasteiger partial charge in [-0.05, 0) is 18.3 Å². The van der Waals surface area contributed by atoms with Crippen molar-refractivity contribution in [1.82, 2.24) is 0 Å². The average Bonchev–Trinajstić information content (AvgIpc) is 2.69. The molecule has 0 aromatic rings. The number of rotatable bonds is 5. The number of aliphatic hydroxyl groups is 1. The van der Waals surface area contributed by atoms with Crippen molar-refractivity contribution in [2.75, 3.05) is 0 Å². The summed E-state index contributed by atoms with van der Waals surface area (Å²) < 4.78 is 0. The highest BCUT2D eigenvalue weighted by Gasteiger charge is 2.44. The highest BCUT2D eigenvalue weighted by Crippen LogP contribution is 2.38. The van der Waals surface area contributed by atoms with Crippen molar-refractivity contribution in [3.63, 3.8) is 0 Å². The van der Waals surface area contributed by atoms with Gasteiger partial charge in [0.15, 0.2) is 5.60 Å². The molecule has 3 nitrogen and oxygen atoms in total. The number of hydrogen-bond donors (Lipinski definition) is 2. The van der Waals surface area contributed by atoms with Crippen molar-refractivity contribution >= 4 is 5.97 Å². The molecule has 88 valence electrons. The highest BCUT2D eigenvalue weighted by molar-refractivity contribution is 5.77. The molecule has 2 N–H and O–H groups in total. The second-order valence-electron chi connectivity index (χ2n) is 4.81. The topological polar surface area (TPSA) is 57.5 Å². The van der Waals surface area contributed by atoms with Crippen LogP contribution in [-0.2, 0) is 4.79 Å². The molecule has 0 aromatic heterocycles. The Morgan fingerprint density at radius 1 is 1.47 bits per heavy atom. The minimum atomic E-state index is -1.51. The first-order chi connectivity index (χ1) is 7.02. The molecule has 1 rings (SSSR count). The largest absolute Gasteiger partial charge is 0.479 e. The van der Waals surface area contributed by atoms with Gasteiger partial charge in [-0.1, -0.05) is 46.0 Å². The maximum Gasteiger partial charge on any atom is 0.335 e. The molecule has 1 aliphatic carbocycles. The molecule has 0 aromatic carbocycles. The summed E-state index contributed by atoms with van der Waals surface area (Å²) in [7, 11) is 0. The van der Waals surface area contributed by atoms with Crippen molar-refractivity contribution in [2.24, 2.45) is 11.8 Å². The van der Waals surface area contributed by atoms with Crippen LogP contribution in [0.2, 0.25) is 0 Å². The summed E-state index contributed by atoms with van der Waals surface area (Å²) in [5.41, 5.74) is -1.51. The van der Waals surface area contributed by atoms with Crippen LogP contribution >= 0.6 is 0 Å². The van der Waals surface area contributed by atoms with Crippen LogP contribution in [0.5, 0.6) is 0 Å². The first kappa shape index (κ1) is 12.5. The van der Waals surface area contributed by atoms with Crippen molar-refractivity contribution in [3.8, 4) is 0 Å². The lowest BCUT2D eigenvalue weighted by Crippen LogP contribution is -2.47. The Balaban J connectivity index is 2.73. The second kappa shape index (κ2) is 4.97. The Bertz CT molecular complexity index is 221. The summed E-state index contributed by atoms with van der Waals surface area (Å²) in [6.07, 6.45) is 5.56. The van der Waals surface area contributed by atoms with Gasteiger partial charge in [0.2, 0.25) is 0 Å². The number of carbonyl (C=O) groups is 1. The van der Waals surface area contributed by atoms with Crippen molar-refractivity contribution in [1.29, 1.82) is 0 Å². The summed E-state index contributed by atoms with van der Waals surface area (Å²) in [6, 6.07) is 0. The lowest BCUT2D eigenvalue weighted by molar-refractivity contribution is -0.168. The van der Waals surface area contributed by atoms with E-state index in [1.165, 1.54) is 12.8 Å². The summed E-state index contributed by atoms with van der Waals surface area (Å²) in [5, 5.41) is 19.4. The molecule has 0 bridgehead atoms. The van der Waals surface area contributed by atoms with Crippen LogP contribution in [-0.4, -0.2) is 21.8 Å². The molecule has 0 amide bonds.